The first kappa shape index (κ1) is 15.2. The van der Waals surface area contributed by atoms with E-state index in [1.165, 1.54) is 0 Å². The fourth-order valence-corrected chi connectivity index (χ4v) is 1.48. The summed E-state index contributed by atoms with van der Waals surface area (Å²) in [5.74, 6) is 1.35. The van der Waals surface area contributed by atoms with E-state index in [0.717, 1.165) is 0 Å². The number of nitrogens with one attached hydrogen (secondary N) is 1. The van der Waals surface area contributed by atoms with Gasteiger partial charge in [0, 0.05) is 26.1 Å². The Kier molecular flexibility index (Phi) is 6.59. The monoisotopic (exact) mass is 268 g/mol. The van der Waals surface area contributed by atoms with E-state index in [1.54, 1.807) is 20.1 Å². The van der Waals surface area contributed by atoms with Crippen molar-refractivity contribution in [1.29, 1.82) is 0 Å². The molecule has 0 saturated heterocycles. The Labute approximate surface area is 112 Å². The van der Waals surface area contributed by atoms with Crippen molar-refractivity contribution in [1.82, 2.24) is 9.97 Å². The summed E-state index contributed by atoms with van der Waals surface area (Å²) >= 11 is 0. The average Bonchev–Trinajstić information content (AvgIpc) is 2.35. The van der Waals surface area contributed by atoms with Gasteiger partial charge in [-0.2, -0.15) is 0 Å². The van der Waals surface area contributed by atoms with Gasteiger partial charge in [-0.05, 0) is 13.3 Å². The van der Waals surface area contributed by atoms with Crippen LogP contribution < -0.4 is 11.1 Å². The quantitative estimate of drug-likeness (QED) is 0.535. The third-order valence-electron chi connectivity index (χ3n) is 2.23. The van der Waals surface area contributed by atoms with Crippen LogP contribution in [-0.2, 0) is 20.9 Å². The lowest BCUT2D eigenvalue weighted by Gasteiger charge is -2.08. The largest absolute Gasteiger partial charge is 0.466 e. The Morgan fingerprint density at radius 2 is 2.26 bits per heavy atom. The Morgan fingerprint density at radius 1 is 1.47 bits per heavy atom. The van der Waals surface area contributed by atoms with Crippen LogP contribution in [0.25, 0.3) is 0 Å². The number of carbonyl (C=O) groups is 1. The number of anilines is 2. The number of rotatable bonds is 8. The van der Waals surface area contributed by atoms with Crippen molar-refractivity contribution in [2.45, 2.75) is 26.4 Å². The summed E-state index contributed by atoms with van der Waals surface area (Å²) in [6.45, 7) is 3.12. The van der Waals surface area contributed by atoms with Gasteiger partial charge in [-0.3, -0.25) is 4.79 Å². The molecule has 19 heavy (non-hydrogen) atoms. The molecule has 1 heterocycles. The highest BCUT2D eigenvalue weighted by molar-refractivity contribution is 5.69. The molecular formula is C12H20N4O3. The Bertz CT molecular complexity index is 412. The van der Waals surface area contributed by atoms with Crippen LogP contribution in [0.2, 0.25) is 0 Å². The van der Waals surface area contributed by atoms with Crippen LogP contribution in [0.15, 0.2) is 6.07 Å². The fourth-order valence-electron chi connectivity index (χ4n) is 1.48. The first-order valence-electron chi connectivity index (χ1n) is 6.17. The van der Waals surface area contributed by atoms with Crippen LogP contribution in [0.1, 0.15) is 25.6 Å². The zero-order valence-electron chi connectivity index (χ0n) is 11.3. The van der Waals surface area contributed by atoms with Crippen LogP contribution in [0.5, 0.6) is 0 Å². The zero-order chi connectivity index (χ0) is 14.1. The van der Waals surface area contributed by atoms with Gasteiger partial charge in [-0.1, -0.05) is 0 Å². The molecule has 1 aromatic rings. The van der Waals surface area contributed by atoms with Crippen LogP contribution in [0, 0.1) is 0 Å². The summed E-state index contributed by atoms with van der Waals surface area (Å²) < 4.78 is 9.79. The molecule has 7 heteroatoms. The van der Waals surface area contributed by atoms with E-state index < -0.39 is 0 Å². The highest BCUT2D eigenvalue weighted by Crippen LogP contribution is 2.09. The Morgan fingerprint density at radius 3 is 2.95 bits per heavy atom. The summed E-state index contributed by atoms with van der Waals surface area (Å²) in [5, 5.41) is 3.09. The summed E-state index contributed by atoms with van der Waals surface area (Å²) in [6, 6.07) is 1.64. The van der Waals surface area contributed by atoms with Crippen LogP contribution in [-0.4, -0.2) is 36.2 Å². The topological polar surface area (TPSA) is 99.4 Å². The van der Waals surface area contributed by atoms with Crippen LogP contribution in [0.3, 0.4) is 0 Å². The molecule has 0 bridgehead atoms. The number of esters is 1. The van der Waals surface area contributed by atoms with Gasteiger partial charge in [0.15, 0.2) is 5.82 Å². The molecule has 0 radical (unpaired) electrons. The third-order valence-corrected chi connectivity index (χ3v) is 2.23. The molecule has 0 aliphatic carbocycles. The number of nitrogen functional groups attached to an aromatic ring is 1. The number of aromatic nitrogens is 2. The summed E-state index contributed by atoms with van der Waals surface area (Å²) in [7, 11) is 1.57. The molecule has 0 saturated carbocycles. The van der Waals surface area contributed by atoms with E-state index in [1.807, 2.05) is 0 Å². The van der Waals surface area contributed by atoms with Gasteiger partial charge >= 0.3 is 5.97 Å². The number of nitrogens with zero attached hydrogens (tertiary/aromatic N) is 2. The van der Waals surface area contributed by atoms with Crippen molar-refractivity contribution in [3.8, 4) is 0 Å². The summed E-state index contributed by atoms with van der Waals surface area (Å²) in [4.78, 5) is 19.4. The van der Waals surface area contributed by atoms with Crippen molar-refractivity contribution < 1.29 is 14.3 Å². The maximum absolute atomic E-state index is 11.1. The van der Waals surface area contributed by atoms with E-state index in [4.69, 9.17) is 15.2 Å². The molecule has 7 nitrogen and oxygen atoms in total. The molecule has 1 rings (SSSR count). The first-order valence-corrected chi connectivity index (χ1v) is 6.17. The van der Waals surface area contributed by atoms with Crippen LogP contribution in [0.4, 0.5) is 11.6 Å². The molecular weight excluding hydrogens is 248 g/mol. The van der Waals surface area contributed by atoms with Crippen molar-refractivity contribution >= 4 is 17.6 Å². The molecule has 0 aliphatic rings. The molecule has 0 aliphatic heterocycles. The van der Waals surface area contributed by atoms with Gasteiger partial charge in [0.05, 0.1) is 6.61 Å². The smallest absolute Gasteiger partial charge is 0.305 e. The lowest BCUT2D eigenvalue weighted by Crippen LogP contribution is -2.10. The van der Waals surface area contributed by atoms with Gasteiger partial charge in [-0.15, -0.1) is 0 Å². The number of hydrogen-bond donors (Lipinski definition) is 2. The number of carbonyl (C=O) groups excluding carboxylic acids is 1. The minimum absolute atomic E-state index is 0.188. The minimum Gasteiger partial charge on any atom is -0.466 e. The molecule has 0 fully saturated rings. The van der Waals surface area contributed by atoms with Crippen molar-refractivity contribution in [2.75, 3.05) is 31.3 Å². The minimum atomic E-state index is -0.188. The second kappa shape index (κ2) is 8.25. The standard InChI is InChI=1S/C12H20N4O3/c1-3-19-12(17)5-4-6-14-10-7-9(13)15-11(16-10)8-18-2/h7H,3-6,8H2,1-2H3,(H3,13,14,15,16). The molecule has 0 spiro atoms. The normalized spacial score (nSPS) is 10.2. The van der Waals surface area contributed by atoms with Gasteiger partial charge in [0.1, 0.15) is 18.2 Å². The summed E-state index contributed by atoms with van der Waals surface area (Å²) in [6.07, 6.45) is 1.05. The highest BCUT2D eigenvalue weighted by atomic mass is 16.5. The molecule has 1 aromatic heterocycles. The van der Waals surface area contributed by atoms with Gasteiger partial charge < -0.3 is 20.5 Å². The molecule has 3 N–H and O–H groups in total. The number of nitrogens with two attached hydrogens (primary N) is 1. The Hall–Kier alpha value is -1.89. The second-order valence-corrected chi connectivity index (χ2v) is 3.86. The predicted octanol–water partition coefficient (Wildman–Crippen LogP) is 0.960. The second-order valence-electron chi connectivity index (χ2n) is 3.86. The van der Waals surface area contributed by atoms with Crippen molar-refractivity contribution in [2.24, 2.45) is 0 Å². The van der Waals surface area contributed by atoms with E-state index >= 15 is 0 Å². The van der Waals surface area contributed by atoms with E-state index in [-0.39, 0.29) is 5.97 Å². The predicted molar refractivity (Wildman–Crippen MR) is 71.5 cm³/mol. The van der Waals surface area contributed by atoms with E-state index in [2.05, 4.69) is 15.3 Å². The lowest BCUT2D eigenvalue weighted by molar-refractivity contribution is -0.143. The third kappa shape index (κ3) is 6.01. The summed E-state index contributed by atoms with van der Waals surface area (Å²) in [5.41, 5.74) is 5.66. The number of ether oxygens (including phenoxy) is 2. The molecule has 0 aromatic carbocycles. The van der Waals surface area contributed by atoms with Crippen LogP contribution >= 0.6 is 0 Å². The zero-order valence-corrected chi connectivity index (χ0v) is 11.3. The van der Waals surface area contributed by atoms with Crippen molar-refractivity contribution in [3.05, 3.63) is 11.9 Å². The number of hydrogen-bond acceptors (Lipinski definition) is 7. The van der Waals surface area contributed by atoms with E-state index in [0.29, 0.717) is 50.1 Å². The van der Waals surface area contributed by atoms with Crippen molar-refractivity contribution in [3.63, 3.8) is 0 Å². The first-order chi connectivity index (χ1) is 9.15. The number of methoxy groups -OCH3 is 1. The molecule has 0 amide bonds. The molecule has 0 unspecified atom stereocenters. The highest BCUT2D eigenvalue weighted by Gasteiger charge is 2.04. The molecule has 0 atom stereocenters. The fraction of sp³-hybridized carbons (Fsp3) is 0.583. The lowest BCUT2D eigenvalue weighted by atomic mass is 10.3. The van der Waals surface area contributed by atoms with E-state index in [9.17, 15) is 4.79 Å². The maximum Gasteiger partial charge on any atom is 0.305 e. The maximum atomic E-state index is 11.1. The average molecular weight is 268 g/mol. The van der Waals surface area contributed by atoms with Gasteiger partial charge in [-0.25, -0.2) is 9.97 Å². The van der Waals surface area contributed by atoms with Gasteiger partial charge in [0.25, 0.3) is 0 Å². The Balaban J connectivity index is 2.38. The SMILES string of the molecule is CCOC(=O)CCCNc1cc(N)nc(COC)n1. The molecule has 106 valence electrons. The van der Waals surface area contributed by atoms with Gasteiger partial charge in [0.2, 0.25) is 0 Å².